The lowest BCUT2D eigenvalue weighted by atomic mass is 10.2. The first-order valence-corrected chi connectivity index (χ1v) is 5.61. The van der Waals surface area contributed by atoms with E-state index in [1.165, 1.54) is 4.68 Å². The molecule has 1 aromatic rings. The largest absolute Gasteiger partial charge is 0.468 e. The maximum Gasteiger partial charge on any atom is 0.353 e. The normalized spacial score (nSPS) is 23.9. The Bertz CT molecular complexity index is 443. The van der Waals surface area contributed by atoms with Gasteiger partial charge in [0, 0.05) is 13.1 Å². The van der Waals surface area contributed by atoms with Crippen molar-refractivity contribution in [2.75, 3.05) is 0 Å². The molecular weight excluding hydrogens is 224 g/mol. The van der Waals surface area contributed by atoms with Crippen LogP contribution < -0.4 is 10.5 Å². The molecule has 1 fully saturated rings. The fraction of sp³-hybridized carbons (Fsp3) is 0.700. The predicted octanol–water partition coefficient (Wildman–Crippen LogP) is 0.895. The molecule has 1 aliphatic rings. The van der Waals surface area contributed by atoms with Gasteiger partial charge < -0.3 is 10.5 Å². The summed E-state index contributed by atoms with van der Waals surface area (Å²) >= 11 is 0. The minimum absolute atomic E-state index is 0.0511. The molecule has 0 spiro atoms. The summed E-state index contributed by atoms with van der Waals surface area (Å²) in [6.07, 6.45) is 2.58. The van der Waals surface area contributed by atoms with E-state index in [4.69, 9.17) is 10.5 Å². The summed E-state index contributed by atoms with van der Waals surface area (Å²) in [5.41, 5.74) is 6.18. The van der Waals surface area contributed by atoms with E-state index in [2.05, 4.69) is 5.10 Å². The fourth-order valence-electron chi connectivity index (χ4n) is 2.21. The molecule has 1 heterocycles. The molecule has 7 heteroatoms. The van der Waals surface area contributed by atoms with Crippen LogP contribution in [0.4, 0.5) is 5.69 Å². The molecule has 7 nitrogen and oxygen atoms in total. The molecule has 2 N–H and O–H groups in total. The van der Waals surface area contributed by atoms with Gasteiger partial charge >= 0.3 is 5.69 Å². The number of nitrogens with zero attached hydrogens (tertiary/aromatic N) is 3. The first-order chi connectivity index (χ1) is 8.00. The SMILES string of the molecule is Cc1nn(C)c(OC2CCCC2N)c1[N+](=O)[O-]. The maximum absolute atomic E-state index is 11.0. The second-order valence-electron chi connectivity index (χ2n) is 4.37. The van der Waals surface area contributed by atoms with Gasteiger partial charge in [-0.3, -0.25) is 10.1 Å². The smallest absolute Gasteiger partial charge is 0.353 e. The highest BCUT2D eigenvalue weighted by atomic mass is 16.6. The Kier molecular flexibility index (Phi) is 3.01. The zero-order valence-electron chi connectivity index (χ0n) is 9.92. The van der Waals surface area contributed by atoms with E-state index < -0.39 is 4.92 Å². The van der Waals surface area contributed by atoms with E-state index in [9.17, 15) is 10.1 Å². The molecule has 0 aromatic carbocycles. The summed E-state index contributed by atoms with van der Waals surface area (Å²) in [5.74, 6) is 0.204. The average Bonchev–Trinajstić information content (AvgIpc) is 2.73. The third-order valence-electron chi connectivity index (χ3n) is 3.09. The lowest BCUT2D eigenvalue weighted by Crippen LogP contribution is -2.34. The third kappa shape index (κ3) is 2.10. The number of hydrogen-bond donors (Lipinski definition) is 1. The van der Waals surface area contributed by atoms with Crippen LogP contribution in [0.3, 0.4) is 0 Å². The van der Waals surface area contributed by atoms with E-state index in [0.717, 1.165) is 19.3 Å². The highest BCUT2D eigenvalue weighted by Crippen LogP contribution is 2.32. The van der Waals surface area contributed by atoms with Crippen molar-refractivity contribution in [2.24, 2.45) is 12.8 Å². The first-order valence-electron chi connectivity index (χ1n) is 5.61. The van der Waals surface area contributed by atoms with Crippen molar-refractivity contribution in [2.45, 2.75) is 38.3 Å². The van der Waals surface area contributed by atoms with Gasteiger partial charge in [0.25, 0.3) is 5.88 Å². The quantitative estimate of drug-likeness (QED) is 0.625. The van der Waals surface area contributed by atoms with Crippen LogP contribution >= 0.6 is 0 Å². The molecule has 0 saturated heterocycles. The van der Waals surface area contributed by atoms with Crippen LogP contribution in [0.5, 0.6) is 5.88 Å². The summed E-state index contributed by atoms with van der Waals surface area (Å²) in [4.78, 5) is 10.5. The van der Waals surface area contributed by atoms with Crippen LogP contribution in [-0.2, 0) is 7.05 Å². The van der Waals surface area contributed by atoms with Crippen LogP contribution in [-0.4, -0.2) is 26.8 Å². The minimum atomic E-state index is -0.460. The number of hydrogen-bond acceptors (Lipinski definition) is 5. The molecule has 0 aliphatic heterocycles. The number of nitrogens with two attached hydrogens (primary N) is 1. The van der Waals surface area contributed by atoms with Crippen molar-refractivity contribution >= 4 is 5.69 Å². The van der Waals surface area contributed by atoms with Crippen LogP contribution in [0.2, 0.25) is 0 Å². The fourth-order valence-corrected chi connectivity index (χ4v) is 2.21. The zero-order chi connectivity index (χ0) is 12.6. The van der Waals surface area contributed by atoms with E-state index in [1.54, 1.807) is 14.0 Å². The monoisotopic (exact) mass is 240 g/mol. The van der Waals surface area contributed by atoms with Gasteiger partial charge in [-0.2, -0.15) is 5.10 Å². The van der Waals surface area contributed by atoms with Crippen molar-refractivity contribution in [3.63, 3.8) is 0 Å². The Morgan fingerprint density at radius 3 is 2.82 bits per heavy atom. The maximum atomic E-state index is 11.0. The molecule has 0 radical (unpaired) electrons. The average molecular weight is 240 g/mol. The highest BCUT2D eigenvalue weighted by molar-refractivity contribution is 5.45. The molecule has 1 aliphatic carbocycles. The molecule has 94 valence electrons. The summed E-state index contributed by atoms with van der Waals surface area (Å²) < 4.78 is 7.07. The van der Waals surface area contributed by atoms with Gasteiger partial charge in [0.2, 0.25) is 0 Å². The Balaban J connectivity index is 2.28. The molecule has 2 atom stereocenters. The van der Waals surface area contributed by atoms with Crippen molar-refractivity contribution in [1.82, 2.24) is 9.78 Å². The number of ether oxygens (including phenoxy) is 1. The van der Waals surface area contributed by atoms with E-state index >= 15 is 0 Å². The van der Waals surface area contributed by atoms with Gasteiger partial charge in [0.05, 0.1) is 4.92 Å². The third-order valence-corrected chi connectivity index (χ3v) is 3.09. The van der Waals surface area contributed by atoms with Gasteiger partial charge in [-0.25, -0.2) is 4.68 Å². The predicted molar refractivity (Wildman–Crippen MR) is 60.8 cm³/mol. The Labute approximate surface area is 98.7 Å². The van der Waals surface area contributed by atoms with Gasteiger partial charge in [0.1, 0.15) is 11.8 Å². The Morgan fingerprint density at radius 1 is 1.59 bits per heavy atom. The second kappa shape index (κ2) is 4.33. The lowest BCUT2D eigenvalue weighted by molar-refractivity contribution is -0.386. The molecule has 2 unspecified atom stereocenters. The topological polar surface area (TPSA) is 96.2 Å². The molecular formula is C10H16N4O3. The minimum Gasteiger partial charge on any atom is -0.468 e. The van der Waals surface area contributed by atoms with E-state index in [1.807, 2.05) is 0 Å². The zero-order valence-corrected chi connectivity index (χ0v) is 9.92. The van der Waals surface area contributed by atoms with E-state index in [0.29, 0.717) is 5.69 Å². The van der Waals surface area contributed by atoms with E-state index in [-0.39, 0.29) is 23.7 Å². The van der Waals surface area contributed by atoms with Crippen LogP contribution in [0.25, 0.3) is 0 Å². The van der Waals surface area contributed by atoms with Crippen molar-refractivity contribution in [1.29, 1.82) is 0 Å². The summed E-state index contributed by atoms with van der Waals surface area (Å²) in [6.45, 7) is 1.60. The first kappa shape index (κ1) is 11.8. The standard InChI is InChI=1S/C10H16N4O3/c1-6-9(14(15)16)10(13(2)12-6)17-8-5-3-4-7(8)11/h7-8H,3-5,11H2,1-2H3. The lowest BCUT2D eigenvalue weighted by Gasteiger charge is -2.16. The van der Waals surface area contributed by atoms with Crippen LogP contribution in [0, 0.1) is 17.0 Å². The van der Waals surface area contributed by atoms with Crippen molar-refractivity contribution in [3.05, 3.63) is 15.8 Å². The number of aryl methyl sites for hydroxylation is 2. The second-order valence-corrected chi connectivity index (χ2v) is 4.37. The van der Waals surface area contributed by atoms with Crippen LogP contribution in [0.15, 0.2) is 0 Å². The summed E-state index contributed by atoms with van der Waals surface area (Å²) in [6, 6.07) is -0.0511. The molecule has 17 heavy (non-hydrogen) atoms. The Morgan fingerprint density at radius 2 is 2.29 bits per heavy atom. The van der Waals surface area contributed by atoms with Gasteiger partial charge in [0.15, 0.2) is 0 Å². The van der Waals surface area contributed by atoms with Gasteiger partial charge in [-0.15, -0.1) is 0 Å². The molecule has 0 amide bonds. The van der Waals surface area contributed by atoms with Gasteiger partial charge in [-0.1, -0.05) is 0 Å². The molecule has 1 aromatic heterocycles. The van der Waals surface area contributed by atoms with Crippen molar-refractivity contribution < 1.29 is 9.66 Å². The summed E-state index contributed by atoms with van der Waals surface area (Å²) in [7, 11) is 1.63. The highest BCUT2D eigenvalue weighted by Gasteiger charge is 2.32. The number of rotatable bonds is 3. The molecule has 2 rings (SSSR count). The Hall–Kier alpha value is -1.63. The van der Waals surface area contributed by atoms with Gasteiger partial charge in [-0.05, 0) is 26.2 Å². The van der Waals surface area contributed by atoms with Crippen LogP contribution in [0.1, 0.15) is 25.0 Å². The number of aromatic nitrogens is 2. The molecule has 0 bridgehead atoms. The number of nitro groups is 1. The summed E-state index contributed by atoms with van der Waals surface area (Å²) in [5, 5.41) is 15.0. The van der Waals surface area contributed by atoms with Crippen molar-refractivity contribution in [3.8, 4) is 5.88 Å². The molecule has 1 saturated carbocycles.